The number of para-hydroxylation sites is 1. The summed E-state index contributed by atoms with van der Waals surface area (Å²) in [5.74, 6) is 0.320. The number of hydrogen-bond acceptors (Lipinski definition) is 4. The summed E-state index contributed by atoms with van der Waals surface area (Å²) >= 11 is 0. The Hall–Kier alpha value is -3.28. The number of benzene rings is 2. The van der Waals surface area contributed by atoms with Gasteiger partial charge in [0.1, 0.15) is 0 Å². The van der Waals surface area contributed by atoms with E-state index in [2.05, 4.69) is 12.2 Å². The van der Waals surface area contributed by atoms with Crippen molar-refractivity contribution in [3.05, 3.63) is 59.7 Å². The highest BCUT2D eigenvalue weighted by atomic mass is 16.5. The van der Waals surface area contributed by atoms with Crippen LogP contribution in [0.5, 0.6) is 11.5 Å². The Morgan fingerprint density at radius 2 is 1.89 bits per heavy atom. The van der Waals surface area contributed by atoms with Gasteiger partial charge in [0, 0.05) is 6.08 Å². The largest absolute Gasteiger partial charge is 0.493 e. The van der Waals surface area contributed by atoms with Crippen LogP contribution in [0.3, 0.4) is 0 Å². The number of unbranched alkanes of at least 4 members (excludes halogenated alkanes) is 2. The van der Waals surface area contributed by atoms with Gasteiger partial charge in [0.2, 0.25) is 5.91 Å². The van der Waals surface area contributed by atoms with Crippen LogP contribution in [0.1, 0.15) is 42.1 Å². The maximum absolute atomic E-state index is 12.2. The molecule has 2 aromatic rings. The second kappa shape index (κ2) is 10.8. The lowest BCUT2D eigenvalue weighted by atomic mass is 10.1. The predicted molar refractivity (Wildman–Crippen MR) is 111 cm³/mol. The standard InChI is InChI=1S/C22H26N2O4/c1-3-4-7-14-28-19-12-10-16(15-20(19)27-2)11-13-21(25)24-18-9-6-5-8-17(18)22(23)26/h5-6,8-13,15H,3-4,7,14H2,1-2H3,(H2,23,26)(H,24,25)/b13-11-. The van der Waals surface area contributed by atoms with Crippen molar-refractivity contribution in [2.24, 2.45) is 5.73 Å². The van der Waals surface area contributed by atoms with Gasteiger partial charge in [-0.1, -0.05) is 38.0 Å². The summed E-state index contributed by atoms with van der Waals surface area (Å²) in [6.07, 6.45) is 6.29. The molecule has 28 heavy (non-hydrogen) atoms. The van der Waals surface area contributed by atoms with Crippen LogP contribution in [0.25, 0.3) is 6.08 Å². The molecule has 0 aliphatic heterocycles. The Kier molecular flexibility index (Phi) is 8.09. The minimum absolute atomic E-state index is 0.260. The molecule has 148 valence electrons. The molecule has 0 saturated heterocycles. The minimum atomic E-state index is -0.598. The van der Waals surface area contributed by atoms with Crippen LogP contribution >= 0.6 is 0 Å². The second-order valence-corrected chi connectivity index (χ2v) is 6.20. The first-order valence-electron chi connectivity index (χ1n) is 9.24. The first kappa shape index (κ1) is 21.0. The van der Waals surface area contributed by atoms with Crippen LogP contribution in [0.15, 0.2) is 48.5 Å². The molecule has 6 heteroatoms. The van der Waals surface area contributed by atoms with Gasteiger partial charge in [0.15, 0.2) is 11.5 Å². The van der Waals surface area contributed by atoms with Gasteiger partial charge in [0.25, 0.3) is 5.91 Å². The summed E-state index contributed by atoms with van der Waals surface area (Å²) in [5.41, 5.74) is 6.74. The van der Waals surface area contributed by atoms with E-state index in [-0.39, 0.29) is 11.5 Å². The van der Waals surface area contributed by atoms with E-state index in [1.54, 1.807) is 43.5 Å². The Morgan fingerprint density at radius 3 is 2.61 bits per heavy atom. The van der Waals surface area contributed by atoms with Crippen LogP contribution in [0.2, 0.25) is 0 Å². The molecule has 0 unspecified atom stereocenters. The molecule has 0 fully saturated rings. The van der Waals surface area contributed by atoms with Gasteiger partial charge < -0.3 is 20.5 Å². The number of nitrogens with two attached hydrogens (primary N) is 1. The quantitative estimate of drug-likeness (QED) is 0.480. The highest BCUT2D eigenvalue weighted by molar-refractivity contribution is 6.07. The Morgan fingerprint density at radius 1 is 1.11 bits per heavy atom. The molecule has 0 atom stereocenters. The Bertz CT molecular complexity index is 846. The van der Waals surface area contributed by atoms with Gasteiger partial charge in [-0.3, -0.25) is 9.59 Å². The molecule has 0 aliphatic rings. The van der Waals surface area contributed by atoms with Crippen molar-refractivity contribution >= 4 is 23.6 Å². The first-order chi connectivity index (χ1) is 13.5. The van der Waals surface area contributed by atoms with Gasteiger partial charge in [-0.15, -0.1) is 0 Å². The fourth-order valence-electron chi connectivity index (χ4n) is 2.59. The zero-order valence-corrected chi connectivity index (χ0v) is 16.2. The average Bonchev–Trinajstić information content (AvgIpc) is 2.70. The minimum Gasteiger partial charge on any atom is -0.493 e. The number of carbonyl (C=O) groups is 2. The fourth-order valence-corrected chi connectivity index (χ4v) is 2.59. The van der Waals surface area contributed by atoms with Crippen LogP contribution in [-0.4, -0.2) is 25.5 Å². The third-order valence-electron chi connectivity index (χ3n) is 4.07. The van der Waals surface area contributed by atoms with E-state index in [9.17, 15) is 9.59 Å². The van der Waals surface area contributed by atoms with Crippen molar-refractivity contribution in [3.8, 4) is 11.5 Å². The zero-order chi connectivity index (χ0) is 20.4. The van der Waals surface area contributed by atoms with E-state index in [1.165, 1.54) is 6.08 Å². The van der Waals surface area contributed by atoms with Gasteiger partial charge in [-0.05, 0) is 42.3 Å². The molecule has 0 saturated carbocycles. The smallest absolute Gasteiger partial charge is 0.250 e. The Labute approximate surface area is 165 Å². The highest BCUT2D eigenvalue weighted by Crippen LogP contribution is 2.28. The van der Waals surface area contributed by atoms with E-state index in [1.807, 2.05) is 12.1 Å². The molecule has 0 radical (unpaired) electrons. The summed E-state index contributed by atoms with van der Waals surface area (Å²) in [4.78, 5) is 23.6. The molecule has 0 spiro atoms. The van der Waals surface area contributed by atoms with Crippen molar-refractivity contribution < 1.29 is 19.1 Å². The third-order valence-corrected chi connectivity index (χ3v) is 4.07. The predicted octanol–water partition coefficient (Wildman–Crippen LogP) is 4.02. The molecule has 2 aromatic carbocycles. The number of hydrogen-bond donors (Lipinski definition) is 2. The number of methoxy groups -OCH3 is 1. The molecule has 0 aromatic heterocycles. The average molecular weight is 382 g/mol. The van der Waals surface area contributed by atoms with Gasteiger partial charge in [-0.25, -0.2) is 0 Å². The molecule has 3 N–H and O–H groups in total. The van der Waals surface area contributed by atoms with E-state index in [0.29, 0.717) is 23.8 Å². The normalized spacial score (nSPS) is 10.6. The first-order valence-corrected chi connectivity index (χ1v) is 9.24. The van der Waals surface area contributed by atoms with Crippen molar-refractivity contribution in [1.29, 1.82) is 0 Å². The lowest BCUT2D eigenvalue weighted by Gasteiger charge is -2.11. The molecule has 0 aliphatic carbocycles. The molecule has 2 amide bonds. The van der Waals surface area contributed by atoms with Crippen molar-refractivity contribution in [3.63, 3.8) is 0 Å². The number of rotatable bonds is 10. The summed E-state index contributed by atoms with van der Waals surface area (Å²) in [7, 11) is 1.58. The summed E-state index contributed by atoms with van der Waals surface area (Å²) < 4.78 is 11.1. The Balaban J connectivity index is 2.03. The van der Waals surface area contributed by atoms with E-state index < -0.39 is 5.91 Å². The van der Waals surface area contributed by atoms with Crippen molar-refractivity contribution in [1.82, 2.24) is 0 Å². The van der Waals surface area contributed by atoms with E-state index in [0.717, 1.165) is 24.8 Å². The topological polar surface area (TPSA) is 90.6 Å². The summed E-state index contributed by atoms with van der Waals surface area (Å²) in [6.45, 7) is 2.78. The molecular weight excluding hydrogens is 356 g/mol. The van der Waals surface area contributed by atoms with Gasteiger partial charge in [0.05, 0.1) is 25.0 Å². The third kappa shape index (κ3) is 6.16. The maximum Gasteiger partial charge on any atom is 0.250 e. The molecule has 0 bridgehead atoms. The van der Waals surface area contributed by atoms with Crippen LogP contribution < -0.4 is 20.5 Å². The SMILES string of the molecule is CCCCCOc1ccc(/C=C\C(=O)Nc2ccccc2C(N)=O)cc1OC. The second-order valence-electron chi connectivity index (χ2n) is 6.20. The highest BCUT2D eigenvalue weighted by Gasteiger charge is 2.09. The molecular formula is C22H26N2O4. The van der Waals surface area contributed by atoms with Crippen molar-refractivity contribution in [2.75, 3.05) is 19.0 Å². The van der Waals surface area contributed by atoms with E-state index in [4.69, 9.17) is 15.2 Å². The number of primary amides is 1. The maximum atomic E-state index is 12.2. The zero-order valence-electron chi connectivity index (χ0n) is 16.2. The number of amides is 2. The number of nitrogens with one attached hydrogen (secondary N) is 1. The number of anilines is 1. The summed E-state index contributed by atoms with van der Waals surface area (Å²) in [6, 6.07) is 12.1. The van der Waals surface area contributed by atoms with Crippen LogP contribution in [0.4, 0.5) is 5.69 Å². The fraction of sp³-hybridized carbons (Fsp3) is 0.273. The monoisotopic (exact) mass is 382 g/mol. The lowest BCUT2D eigenvalue weighted by molar-refractivity contribution is -0.111. The number of ether oxygens (including phenoxy) is 2. The van der Waals surface area contributed by atoms with Gasteiger partial charge in [-0.2, -0.15) is 0 Å². The summed E-state index contributed by atoms with van der Waals surface area (Å²) in [5, 5.41) is 2.66. The van der Waals surface area contributed by atoms with Crippen molar-refractivity contribution in [2.45, 2.75) is 26.2 Å². The molecule has 6 nitrogen and oxygen atoms in total. The van der Waals surface area contributed by atoms with Gasteiger partial charge >= 0.3 is 0 Å². The number of carbonyl (C=O) groups excluding carboxylic acids is 2. The van der Waals surface area contributed by atoms with E-state index >= 15 is 0 Å². The molecule has 0 heterocycles. The lowest BCUT2D eigenvalue weighted by Crippen LogP contribution is -2.16. The molecule has 2 rings (SSSR count). The van der Waals surface area contributed by atoms with Crippen LogP contribution in [-0.2, 0) is 4.79 Å². The van der Waals surface area contributed by atoms with Crippen LogP contribution in [0, 0.1) is 0 Å².